The lowest BCUT2D eigenvalue weighted by molar-refractivity contribution is -0.132. The Balaban J connectivity index is 1.55. The van der Waals surface area contributed by atoms with Crippen LogP contribution >= 0.6 is 11.3 Å². The Morgan fingerprint density at radius 2 is 2.12 bits per heavy atom. The molecule has 0 aromatic carbocycles. The molecule has 0 unspecified atom stereocenters. The summed E-state index contributed by atoms with van der Waals surface area (Å²) < 4.78 is 0. The first-order chi connectivity index (χ1) is 11.9. The van der Waals surface area contributed by atoms with Crippen LogP contribution in [-0.2, 0) is 17.8 Å². The second kappa shape index (κ2) is 7.87. The number of hydrogen-bond donors (Lipinski definition) is 0. The second-order valence-corrected chi connectivity index (χ2v) is 8.77. The van der Waals surface area contributed by atoms with Crippen LogP contribution in [0.4, 0.5) is 0 Å². The van der Waals surface area contributed by atoms with Gasteiger partial charge < -0.3 is 14.7 Å². The van der Waals surface area contributed by atoms with Gasteiger partial charge in [-0.2, -0.15) is 0 Å². The summed E-state index contributed by atoms with van der Waals surface area (Å²) in [5.74, 6) is 0.984. The third-order valence-electron chi connectivity index (χ3n) is 5.32. The van der Waals surface area contributed by atoms with Gasteiger partial charge in [0.2, 0.25) is 5.91 Å². The highest BCUT2D eigenvalue weighted by Gasteiger charge is 2.25. The van der Waals surface area contributed by atoms with E-state index in [1.165, 1.54) is 24.3 Å². The number of carbonyl (C=O) groups excluding carboxylic acids is 2. The number of fused-ring (bicyclic) bond motifs is 1. The molecule has 0 spiro atoms. The Bertz CT molecular complexity index is 641. The Hall–Kier alpha value is -1.40. The van der Waals surface area contributed by atoms with Gasteiger partial charge in [-0.15, -0.1) is 11.3 Å². The summed E-state index contributed by atoms with van der Waals surface area (Å²) in [7, 11) is 5.72. The second-order valence-electron chi connectivity index (χ2n) is 7.63. The van der Waals surface area contributed by atoms with Crippen LogP contribution in [0.3, 0.4) is 0 Å². The molecule has 2 amide bonds. The maximum Gasteiger partial charge on any atom is 0.263 e. The topological polar surface area (TPSA) is 43.9 Å². The van der Waals surface area contributed by atoms with Gasteiger partial charge in [0.05, 0.1) is 4.88 Å². The molecular formula is C19H29N3O2S. The van der Waals surface area contributed by atoms with E-state index in [9.17, 15) is 9.59 Å². The number of carbonyl (C=O) groups is 2. The minimum Gasteiger partial charge on any atom is -0.344 e. The molecular weight excluding hydrogens is 334 g/mol. The van der Waals surface area contributed by atoms with Crippen LogP contribution in [0, 0.1) is 5.92 Å². The van der Waals surface area contributed by atoms with Crippen molar-refractivity contribution in [2.75, 3.05) is 40.8 Å². The first-order valence-corrected chi connectivity index (χ1v) is 10.0. The van der Waals surface area contributed by atoms with Crippen LogP contribution in [0.2, 0.25) is 0 Å². The molecule has 1 fully saturated rings. The number of thiophene rings is 1. The number of rotatable bonds is 4. The Morgan fingerprint density at radius 3 is 2.84 bits per heavy atom. The highest BCUT2D eigenvalue weighted by molar-refractivity contribution is 7.14. The monoisotopic (exact) mass is 363 g/mol. The van der Waals surface area contributed by atoms with Crippen LogP contribution in [0.25, 0.3) is 0 Å². The molecule has 5 nitrogen and oxygen atoms in total. The predicted molar refractivity (Wildman–Crippen MR) is 101 cm³/mol. The summed E-state index contributed by atoms with van der Waals surface area (Å²) in [5.41, 5.74) is 1.16. The number of nitrogens with zero attached hydrogens (tertiary/aromatic N) is 3. The van der Waals surface area contributed by atoms with Crippen molar-refractivity contribution in [1.82, 2.24) is 14.7 Å². The molecule has 0 saturated carbocycles. The minimum absolute atomic E-state index is 0.0543. The Labute approximate surface area is 154 Å². The number of piperidine rings is 1. The predicted octanol–water partition coefficient (Wildman–Crippen LogP) is 2.46. The van der Waals surface area contributed by atoms with Crippen molar-refractivity contribution in [3.63, 3.8) is 0 Å². The zero-order valence-electron chi connectivity index (χ0n) is 15.6. The molecule has 6 heteroatoms. The summed E-state index contributed by atoms with van der Waals surface area (Å²) in [6.45, 7) is 3.76. The molecule has 2 aliphatic rings. The van der Waals surface area contributed by atoms with Gasteiger partial charge in [-0.3, -0.25) is 9.59 Å². The van der Waals surface area contributed by atoms with E-state index >= 15 is 0 Å². The molecule has 1 aromatic heterocycles. The van der Waals surface area contributed by atoms with E-state index in [1.807, 2.05) is 11.0 Å². The molecule has 0 radical (unpaired) electrons. The number of hydrogen-bond acceptors (Lipinski definition) is 4. The molecule has 3 rings (SSSR count). The van der Waals surface area contributed by atoms with Crippen molar-refractivity contribution in [3.05, 3.63) is 21.4 Å². The molecule has 1 saturated heterocycles. The fraction of sp³-hybridized carbons (Fsp3) is 0.684. The summed E-state index contributed by atoms with van der Waals surface area (Å²) in [6.07, 6.45) is 5.03. The minimum atomic E-state index is 0.0543. The van der Waals surface area contributed by atoms with Gasteiger partial charge in [0.25, 0.3) is 5.91 Å². The van der Waals surface area contributed by atoms with Crippen molar-refractivity contribution in [2.45, 2.75) is 38.6 Å². The lowest BCUT2D eigenvalue weighted by Gasteiger charge is -2.31. The lowest BCUT2D eigenvalue weighted by Crippen LogP contribution is -2.36. The molecule has 0 aliphatic carbocycles. The summed E-state index contributed by atoms with van der Waals surface area (Å²) in [5, 5.41) is 0. The van der Waals surface area contributed by atoms with E-state index in [2.05, 4.69) is 11.9 Å². The van der Waals surface area contributed by atoms with E-state index in [0.717, 1.165) is 36.4 Å². The SMILES string of the molecule is CN1CCC[C@@H](CCC(=O)N2CCc3sc(C(=O)N(C)C)cc3C2)C1. The van der Waals surface area contributed by atoms with Gasteiger partial charge in [-0.05, 0) is 56.8 Å². The molecule has 3 heterocycles. The smallest absolute Gasteiger partial charge is 0.263 e. The first-order valence-electron chi connectivity index (χ1n) is 9.23. The fourth-order valence-corrected chi connectivity index (χ4v) is 5.05. The average molecular weight is 364 g/mol. The highest BCUT2D eigenvalue weighted by atomic mass is 32.1. The third-order valence-corrected chi connectivity index (χ3v) is 6.55. The van der Waals surface area contributed by atoms with Crippen LogP contribution in [0.5, 0.6) is 0 Å². The number of amides is 2. The van der Waals surface area contributed by atoms with Gasteiger partial charge in [-0.25, -0.2) is 0 Å². The highest BCUT2D eigenvalue weighted by Crippen LogP contribution is 2.29. The van der Waals surface area contributed by atoms with Crippen molar-refractivity contribution in [3.8, 4) is 0 Å². The maximum absolute atomic E-state index is 12.6. The van der Waals surface area contributed by atoms with Gasteiger partial charge in [-0.1, -0.05) is 0 Å². The molecule has 1 aromatic rings. The Kier molecular flexibility index (Phi) is 5.79. The molecule has 138 valence electrons. The maximum atomic E-state index is 12.6. The first kappa shape index (κ1) is 18.4. The van der Waals surface area contributed by atoms with Crippen LogP contribution < -0.4 is 0 Å². The van der Waals surface area contributed by atoms with E-state index in [1.54, 1.807) is 30.3 Å². The van der Waals surface area contributed by atoms with E-state index in [-0.39, 0.29) is 11.8 Å². The largest absolute Gasteiger partial charge is 0.344 e. The molecule has 0 N–H and O–H groups in total. The summed E-state index contributed by atoms with van der Waals surface area (Å²) in [4.78, 5) is 32.8. The van der Waals surface area contributed by atoms with Crippen molar-refractivity contribution < 1.29 is 9.59 Å². The van der Waals surface area contributed by atoms with Crippen molar-refractivity contribution >= 4 is 23.2 Å². The van der Waals surface area contributed by atoms with Crippen LogP contribution in [-0.4, -0.2) is 67.3 Å². The van der Waals surface area contributed by atoms with Gasteiger partial charge >= 0.3 is 0 Å². The van der Waals surface area contributed by atoms with E-state index in [4.69, 9.17) is 0 Å². The van der Waals surface area contributed by atoms with Gasteiger partial charge in [0, 0.05) is 45.0 Å². The molecule has 2 aliphatic heterocycles. The molecule has 0 bridgehead atoms. The lowest BCUT2D eigenvalue weighted by atomic mass is 9.93. The normalized spacial score (nSPS) is 21.1. The Morgan fingerprint density at radius 1 is 1.32 bits per heavy atom. The quantitative estimate of drug-likeness (QED) is 0.825. The molecule has 25 heavy (non-hydrogen) atoms. The fourth-order valence-electron chi connectivity index (χ4n) is 3.87. The standard InChI is InChI=1S/C19H29N3O2S/c1-20(2)19(24)17-11-15-13-22(10-8-16(15)25-17)18(23)7-6-14-5-4-9-21(3)12-14/h11,14H,4-10,12-13H2,1-3H3/t14-/m0/s1. The average Bonchev–Trinajstić information content (AvgIpc) is 3.02. The van der Waals surface area contributed by atoms with Crippen molar-refractivity contribution in [2.24, 2.45) is 5.92 Å². The molecule has 1 atom stereocenters. The van der Waals surface area contributed by atoms with Crippen LogP contribution in [0.1, 0.15) is 45.8 Å². The van der Waals surface area contributed by atoms with Crippen LogP contribution in [0.15, 0.2) is 6.07 Å². The summed E-state index contributed by atoms with van der Waals surface area (Å²) in [6, 6.07) is 1.98. The van der Waals surface area contributed by atoms with E-state index in [0.29, 0.717) is 18.9 Å². The van der Waals surface area contributed by atoms with Gasteiger partial charge in [0.1, 0.15) is 0 Å². The van der Waals surface area contributed by atoms with Gasteiger partial charge in [0.15, 0.2) is 0 Å². The third kappa shape index (κ3) is 4.42. The summed E-state index contributed by atoms with van der Waals surface area (Å²) >= 11 is 1.59. The number of likely N-dealkylation sites (tertiary alicyclic amines) is 1. The van der Waals surface area contributed by atoms with E-state index < -0.39 is 0 Å². The zero-order chi connectivity index (χ0) is 18.0. The zero-order valence-corrected chi connectivity index (χ0v) is 16.4. The van der Waals surface area contributed by atoms with Crippen molar-refractivity contribution in [1.29, 1.82) is 0 Å².